The van der Waals surface area contributed by atoms with E-state index in [2.05, 4.69) is 31.7 Å². The number of piperidine rings is 1. The molecule has 0 atom stereocenters. The lowest BCUT2D eigenvalue weighted by Gasteiger charge is -2.41. The maximum absolute atomic E-state index is 13.5. The summed E-state index contributed by atoms with van der Waals surface area (Å²) in [7, 11) is 0. The maximum Gasteiger partial charge on any atom is 0.246 e. The Balaban J connectivity index is 0.00000162. The number of anilines is 3. The van der Waals surface area contributed by atoms with Gasteiger partial charge in [-0.3, -0.25) is 4.90 Å². The lowest BCUT2D eigenvalue weighted by atomic mass is 10.0. The molecule has 3 heterocycles. The Kier molecular flexibility index (Phi) is 5.75. The summed E-state index contributed by atoms with van der Waals surface area (Å²) < 4.78 is 33.4. The minimum Gasteiger partial charge on any atom is -0.382 e. The predicted octanol–water partition coefficient (Wildman–Crippen LogP) is 4.36. The van der Waals surface area contributed by atoms with Crippen molar-refractivity contribution in [3.63, 3.8) is 0 Å². The number of nitrogens with one attached hydrogen (secondary N) is 2. The van der Waals surface area contributed by atoms with Crippen LogP contribution in [-0.2, 0) is 4.74 Å². The summed E-state index contributed by atoms with van der Waals surface area (Å²) in [5, 5.41) is 11.2. The fourth-order valence-electron chi connectivity index (χ4n) is 4.22. The second-order valence-electron chi connectivity index (χ2n) is 8.47. The average Bonchev–Trinajstić information content (AvgIpc) is 3.18. The first-order chi connectivity index (χ1) is 15.5. The number of ether oxygens (including phenoxy) is 1. The van der Waals surface area contributed by atoms with Crippen molar-refractivity contribution in [2.45, 2.75) is 31.8 Å². The number of aryl methyl sites for hydroxylation is 1. The van der Waals surface area contributed by atoms with Gasteiger partial charge in [0.05, 0.1) is 24.9 Å². The van der Waals surface area contributed by atoms with Crippen LogP contribution in [0.5, 0.6) is 0 Å². The number of rotatable bonds is 6. The van der Waals surface area contributed by atoms with Crippen LogP contribution < -0.4 is 10.6 Å². The molecule has 0 spiro atoms. The Labute approximate surface area is 188 Å². The van der Waals surface area contributed by atoms with Gasteiger partial charge >= 0.3 is 0 Å². The highest BCUT2D eigenvalue weighted by Gasteiger charge is 2.29. The van der Waals surface area contributed by atoms with Gasteiger partial charge in [0, 0.05) is 39.4 Å². The number of halogens is 2. The van der Waals surface area contributed by atoms with Gasteiger partial charge in [-0.15, -0.1) is 5.10 Å². The third-order valence-electron chi connectivity index (χ3n) is 6.03. The van der Waals surface area contributed by atoms with Gasteiger partial charge < -0.3 is 15.4 Å². The Bertz CT molecular complexity index is 1100. The van der Waals surface area contributed by atoms with Crippen molar-refractivity contribution in [1.82, 2.24) is 19.7 Å². The van der Waals surface area contributed by atoms with Crippen LogP contribution in [0.3, 0.4) is 0 Å². The first-order valence-corrected chi connectivity index (χ1v) is 10.9. The lowest BCUT2D eigenvalue weighted by Crippen LogP contribution is -2.53. The lowest BCUT2D eigenvalue weighted by molar-refractivity contribution is -0.0705. The molecule has 2 aromatic carbocycles. The van der Waals surface area contributed by atoms with Gasteiger partial charge in [-0.25, -0.2) is 13.5 Å². The third kappa shape index (κ3) is 4.58. The van der Waals surface area contributed by atoms with Crippen molar-refractivity contribution in [3.8, 4) is 5.69 Å². The third-order valence-corrected chi connectivity index (χ3v) is 6.03. The second kappa shape index (κ2) is 8.84. The van der Waals surface area contributed by atoms with Gasteiger partial charge in [-0.2, -0.15) is 4.98 Å². The van der Waals surface area contributed by atoms with E-state index in [1.807, 2.05) is 19.1 Å². The van der Waals surface area contributed by atoms with E-state index >= 15 is 0 Å². The number of hydrogen-bond donors (Lipinski definition) is 2. The fraction of sp³-hybridized carbons (Fsp3) is 0.391. The van der Waals surface area contributed by atoms with E-state index in [9.17, 15) is 8.78 Å². The van der Waals surface area contributed by atoms with Crippen molar-refractivity contribution in [2.24, 2.45) is 0 Å². The number of likely N-dealkylation sites (tertiary alicyclic amines) is 1. The van der Waals surface area contributed by atoms with E-state index < -0.39 is 11.6 Å². The Hall–Kier alpha value is -3.04. The molecule has 32 heavy (non-hydrogen) atoms. The van der Waals surface area contributed by atoms with Crippen LogP contribution in [-0.4, -0.2) is 58.1 Å². The van der Waals surface area contributed by atoms with E-state index in [1.54, 1.807) is 0 Å². The normalized spacial score (nSPS) is 17.8. The number of benzene rings is 2. The summed E-state index contributed by atoms with van der Waals surface area (Å²) in [6.07, 6.45) is 3.67. The van der Waals surface area contributed by atoms with E-state index in [-0.39, 0.29) is 2.85 Å². The molecule has 0 aliphatic carbocycles. The van der Waals surface area contributed by atoms with E-state index in [4.69, 9.17) is 4.74 Å². The number of nitrogens with zero attached hydrogens (tertiary/aromatic N) is 4. The largest absolute Gasteiger partial charge is 0.382 e. The topological polar surface area (TPSA) is 67.2 Å². The van der Waals surface area contributed by atoms with Gasteiger partial charge in [-0.05, 0) is 55.7 Å². The molecule has 2 saturated heterocycles. The Morgan fingerprint density at radius 3 is 2.53 bits per heavy atom. The molecule has 5 rings (SSSR count). The smallest absolute Gasteiger partial charge is 0.246 e. The Morgan fingerprint density at radius 2 is 1.81 bits per heavy atom. The van der Waals surface area contributed by atoms with Crippen LogP contribution in [0.1, 0.15) is 21.3 Å². The summed E-state index contributed by atoms with van der Waals surface area (Å²) in [6, 6.07) is 10.8. The second-order valence-corrected chi connectivity index (χ2v) is 8.47. The van der Waals surface area contributed by atoms with Crippen molar-refractivity contribution in [1.29, 1.82) is 0 Å². The molecule has 0 radical (unpaired) electrons. The maximum atomic E-state index is 13.5. The van der Waals surface area contributed by atoms with Crippen LogP contribution in [0.15, 0.2) is 42.7 Å². The van der Waals surface area contributed by atoms with Gasteiger partial charge in [0.2, 0.25) is 5.95 Å². The fourth-order valence-corrected chi connectivity index (χ4v) is 4.22. The summed E-state index contributed by atoms with van der Waals surface area (Å²) in [6.45, 7) is 5.96. The molecule has 0 amide bonds. The Morgan fingerprint density at radius 1 is 1.03 bits per heavy atom. The van der Waals surface area contributed by atoms with Gasteiger partial charge in [-0.1, -0.05) is 0 Å². The first kappa shape index (κ1) is 20.8. The van der Waals surface area contributed by atoms with E-state index in [1.165, 1.54) is 17.1 Å². The van der Waals surface area contributed by atoms with E-state index in [0.717, 1.165) is 68.2 Å². The number of aromatic nitrogens is 3. The van der Waals surface area contributed by atoms with Crippen LogP contribution in [0, 0.1) is 18.6 Å². The summed E-state index contributed by atoms with van der Waals surface area (Å²) >= 11 is 0. The molecular weight excluding hydrogens is 414 g/mol. The summed E-state index contributed by atoms with van der Waals surface area (Å²) in [5.74, 6) is -1.44. The minimum atomic E-state index is -0.922. The molecule has 0 bridgehead atoms. The highest BCUT2D eigenvalue weighted by molar-refractivity contribution is 5.63. The van der Waals surface area contributed by atoms with Crippen molar-refractivity contribution in [3.05, 3.63) is 59.9 Å². The van der Waals surface area contributed by atoms with Crippen LogP contribution in [0.25, 0.3) is 5.69 Å². The first-order valence-electron chi connectivity index (χ1n) is 10.9. The molecule has 2 aliphatic heterocycles. The molecule has 172 valence electrons. The van der Waals surface area contributed by atoms with Gasteiger partial charge in [0.15, 0.2) is 11.6 Å². The molecule has 2 aliphatic rings. The molecule has 2 N–H and O–H groups in total. The molecule has 0 unspecified atom stereocenters. The zero-order valence-corrected chi connectivity index (χ0v) is 17.9. The van der Waals surface area contributed by atoms with Crippen LogP contribution >= 0.6 is 0 Å². The standard InChI is InChI=1S/C23H26F2N6O.2H2/c1-15-8-17(27-16-4-6-30(7-5-16)20-12-32-13-20)10-18(9-15)28-23-26-14-31(29-23)19-2-3-21(24)22(25)11-19;;/h2-3,8-11,14,16,20,27H,4-7,12-13H2,1H3,(H,28,29);2*1H. The van der Waals surface area contributed by atoms with Gasteiger partial charge in [0.1, 0.15) is 6.33 Å². The monoisotopic (exact) mass is 444 g/mol. The summed E-state index contributed by atoms with van der Waals surface area (Å²) in [4.78, 5) is 6.77. The predicted molar refractivity (Wildman–Crippen MR) is 123 cm³/mol. The highest BCUT2D eigenvalue weighted by Crippen LogP contribution is 2.25. The van der Waals surface area contributed by atoms with Gasteiger partial charge in [0.25, 0.3) is 0 Å². The molecule has 7 nitrogen and oxygen atoms in total. The van der Waals surface area contributed by atoms with Crippen LogP contribution in [0.2, 0.25) is 0 Å². The SMILES string of the molecule is Cc1cc(Nc2ncn(-c3ccc(F)c(F)c3)n2)cc(NC2CCN(C3COC3)CC2)c1.[HH].[HH]. The van der Waals surface area contributed by atoms with Crippen molar-refractivity contribution in [2.75, 3.05) is 36.9 Å². The molecule has 1 aromatic heterocycles. The average molecular weight is 445 g/mol. The van der Waals surface area contributed by atoms with Crippen molar-refractivity contribution >= 4 is 17.3 Å². The minimum absolute atomic E-state index is 0. The highest BCUT2D eigenvalue weighted by atomic mass is 19.2. The molecule has 3 aromatic rings. The van der Waals surface area contributed by atoms with Crippen LogP contribution in [0.4, 0.5) is 26.1 Å². The zero-order chi connectivity index (χ0) is 22.1. The molecule has 2 fully saturated rings. The number of hydrogen-bond acceptors (Lipinski definition) is 6. The molecular formula is C23H30F2N6O. The quantitative estimate of drug-likeness (QED) is 0.589. The van der Waals surface area contributed by atoms with Crippen molar-refractivity contribution < 1.29 is 16.4 Å². The molecule has 9 heteroatoms. The van der Waals surface area contributed by atoms with E-state index in [0.29, 0.717) is 23.7 Å². The summed E-state index contributed by atoms with van der Waals surface area (Å²) in [5.41, 5.74) is 3.43. The zero-order valence-electron chi connectivity index (χ0n) is 17.9. The molecule has 0 saturated carbocycles.